The van der Waals surface area contributed by atoms with Crippen LogP contribution in [0.15, 0.2) is 24.3 Å². The maximum atomic E-state index is 5.25. The molecule has 0 saturated carbocycles. The molecule has 0 N–H and O–H groups in total. The molecule has 0 amide bonds. The average Bonchev–Trinajstić information content (AvgIpc) is 2.72. The van der Waals surface area contributed by atoms with Gasteiger partial charge < -0.3 is 4.74 Å². The predicted octanol–water partition coefficient (Wildman–Crippen LogP) is 1.73. The van der Waals surface area contributed by atoms with E-state index in [1.54, 1.807) is 0 Å². The number of epoxide rings is 1. The largest absolute Gasteiger partial charge is 0.367 e. The monoisotopic (exact) mass is 222 g/mol. The summed E-state index contributed by atoms with van der Waals surface area (Å²) in [5.41, 5.74) is 1.15. The molecular formula is C9H9OY-. The molecule has 0 spiro atoms. The fourth-order valence-corrected chi connectivity index (χ4v) is 0.986. The smallest absolute Gasteiger partial charge is 0.0916 e. The zero-order chi connectivity index (χ0) is 7.03. The van der Waals surface area contributed by atoms with E-state index in [4.69, 9.17) is 4.74 Å². The number of ether oxygens (including phenoxy) is 1. The molecule has 2 heteroatoms. The summed E-state index contributed by atoms with van der Waals surface area (Å²) in [4.78, 5) is 0. The minimum Gasteiger partial charge on any atom is -0.367 e. The number of rotatable bonds is 1. The van der Waals surface area contributed by atoms with E-state index in [-0.39, 0.29) is 38.3 Å². The van der Waals surface area contributed by atoms with Crippen molar-refractivity contribution >= 4 is 0 Å². The molecule has 1 unspecified atom stereocenters. The average molecular weight is 222 g/mol. The molecule has 55 valence electrons. The molecule has 1 nitrogen and oxygen atoms in total. The molecule has 1 aromatic carbocycles. The van der Waals surface area contributed by atoms with Crippen molar-refractivity contribution < 1.29 is 37.4 Å². The molecule has 1 heterocycles. The van der Waals surface area contributed by atoms with Gasteiger partial charge in [0.05, 0.1) is 12.2 Å². The van der Waals surface area contributed by atoms with E-state index in [9.17, 15) is 0 Å². The van der Waals surface area contributed by atoms with Gasteiger partial charge in [0.25, 0.3) is 0 Å². The molecule has 1 aromatic rings. The number of benzene rings is 1. The summed E-state index contributed by atoms with van der Waals surface area (Å²) in [5.74, 6) is 0. The quantitative estimate of drug-likeness (QED) is 0.520. The fraction of sp³-hybridized carbons (Fsp3) is 0.333. The SMILES string of the molecule is CC1(c2[c-]cccc2)CO1.[Y]. The molecule has 0 aromatic heterocycles. The molecule has 1 aliphatic rings. The van der Waals surface area contributed by atoms with E-state index in [2.05, 4.69) is 13.0 Å². The van der Waals surface area contributed by atoms with Crippen molar-refractivity contribution in [2.45, 2.75) is 12.5 Å². The molecule has 0 bridgehead atoms. The molecule has 1 fully saturated rings. The van der Waals surface area contributed by atoms with Crippen molar-refractivity contribution in [2.75, 3.05) is 6.61 Å². The Bertz CT molecular complexity index is 229. The van der Waals surface area contributed by atoms with Crippen LogP contribution in [0.1, 0.15) is 12.5 Å². The standard InChI is InChI=1S/C9H9O.Y/c1-9(7-10-9)8-5-3-2-4-6-8;/h2-5H,7H2,1H3;/q-1;. The predicted molar refractivity (Wildman–Crippen MR) is 38.6 cm³/mol. The van der Waals surface area contributed by atoms with Crippen molar-refractivity contribution in [3.8, 4) is 0 Å². The van der Waals surface area contributed by atoms with Crippen LogP contribution in [0.4, 0.5) is 0 Å². The van der Waals surface area contributed by atoms with Crippen LogP contribution in [-0.2, 0) is 43.0 Å². The van der Waals surface area contributed by atoms with Crippen molar-refractivity contribution in [1.29, 1.82) is 0 Å². The van der Waals surface area contributed by atoms with Crippen molar-refractivity contribution in [2.24, 2.45) is 0 Å². The first-order valence-corrected chi connectivity index (χ1v) is 3.42. The molecule has 1 atom stereocenters. The van der Waals surface area contributed by atoms with Gasteiger partial charge in [-0.1, -0.05) is 0 Å². The molecule has 11 heavy (non-hydrogen) atoms. The second-order valence-corrected chi connectivity index (χ2v) is 2.80. The third-order valence-electron chi connectivity index (χ3n) is 1.86. The van der Waals surface area contributed by atoms with Gasteiger partial charge >= 0.3 is 0 Å². The van der Waals surface area contributed by atoms with Gasteiger partial charge in [0.2, 0.25) is 0 Å². The van der Waals surface area contributed by atoms with Crippen molar-refractivity contribution in [1.82, 2.24) is 0 Å². The molecular weight excluding hydrogens is 213 g/mol. The molecule has 2 rings (SSSR count). The normalized spacial score (nSPS) is 27.4. The Balaban J connectivity index is 0.000000605. The van der Waals surface area contributed by atoms with Gasteiger partial charge in [0.1, 0.15) is 0 Å². The number of hydrogen-bond acceptors (Lipinski definition) is 1. The third kappa shape index (κ3) is 1.90. The van der Waals surface area contributed by atoms with Crippen LogP contribution < -0.4 is 0 Å². The van der Waals surface area contributed by atoms with Crippen LogP contribution in [0.5, 0.6) is 0 Å². The van der Waals surface area contributed by atoms with Crippen LogP contribution in [-0.4, -0.2) is 6.61 Å². The summed E-state index contributed by atoms with van der Waals surface area (Å²) in [7, 11) is 0. The second-order valence-electron chi connectivity index (χ2n) is 2.80. The second kappa shape index (κ2) is 3.34. The van der Waals surface area contributed by atoms with Crippen LogP contribution >= 0.6 is 0 Å². The van der Waals surface area contributed by atoms with Crippen molar-refractivity contribution in [3.63, 3.8) is 0 Å². The molecule has 1 radical (unpaired) electrons. The van der Waals surface area contributed by atoms with E-state index in [0.29, 0.717) is 0 Å². The van der Waals surface area contributed by atoms with Gasteiger partial charge in [0, 0.05) is 32.7 Å². The Morgan fingerprint density at radius 1 is 1.55 bits per heavy atom. The van der Waals surface area contributed by atoms with Crippen molar-refractivity contribution in [3.05, 3.63) is 35.9 Å². The van der Waals surface area contributed by atoms with Gasteiger partial charge in [-0.05, 0) is 6.92 Å². The van der Waals surface area contributed by atoms with E-state index in [0.717, 1.165) is 12.2 Å². The van der Waals surface area contributed by atoms with Gasteiger partial charge in [0.15, 0.2) is 0 Å². The Morgan fingerprint density at radius 2 is 2.27 bits per heavy atom. The van der Waals surface area contributed by atoms with Crippen LogP contribution in [0.3, 0.4) is 0 Å². The van der Waals surface area contributed by atoms with E-state index in [1.165, 1.54) is 0 Å². The zero-order valence-electron chi connectivity index (χ0n) is 6.50. The zero-order valence-corrected chi connectivity index (χ0v) is 9.34. The van der Waals surface area contributed by atoms with Crippen LogP contribution in [0.2, 0.25) is 0 Å². The Labute approximate surface area is 92.0 Å². The first-order chi connectivity index (χ1) is 4.81. The maximum Gasteiger partial charge on any atom is 0.0916 e. The fourth-order valence-electron chi connectivity index (χ4n) is 0.986. The minimum absolute atomic E-state index is 0. The molecule has 1 aliphatic heterocycles. The molecule has 1 saturated heterocycles. The Kier molecular flexibility index (Phi) is 2.85. The van der Waals surface area contributed by atoms with E-state index < -0.39 is 0 Å². The van der Waals surface area contributed by atoms with Crippen LogP contribution in [0.25, 0.3) is 0 Å². The maximum absolute atomic E-state index is 5.25. The van der Waals surface area contributed by atoms with E-state index in [1.807, 2.05) is 24.3 Å². The Morgan fingerprint density at radius 3 is 2.73 bits per heavy atom. The number of hydrogen-bond donors (Lipinski definition) is 0. The van der Waals surface area contributed by atoms with E-state index >= 15 is 0 Å². The summed E-state index contributed by atoms with van der Waals surface area (Å²) in [6.45, 7) is 2.92. The first kappa shape index (κ1) is 9.37. The minimum atomic E-state index is -0.0126. The molecule has 0 aliphatic carbocycles. The summed E-state index contributed by atoms with van der Waals surface area (Å²) in [5, 5.41) is 0. The van der Waals surface area contributed by atoms with Gasteiger partial charge in [-0.15, -0.1) is 5.56 Å². The van der Waals surface area contributed by atoms with Gasteiger partial charge in [-0.25, -0.2) is 0 Å². The first-order valence-electron chi connectivity index (χ1n) is 3.42. The Hall–Kier alpha value is 0.284. The summed E-state index contributed by atoms with van der Waals surface area (Å²) >= 11 is 0. The summed E-state index contributed by atoms with van der Waals surface area (Å²) in [6, 6.07) is 11.1. The van der Waals surface area contributed by atoms with Crippen LogP contribution in [0, 0.1) is 6.07 Å². The summed E-state index contributed by atoms with van der Waals surface area (Å²) < 4.78 is 5.25. The third-order valence-corrected chi connectivity index (χ3v) is 1.86. The van der Waals surface area contributed by atoms with Gasteiger partial charge in [-0.3, -0.25) is 0 Å². The van der Waals surface area contributed by atoms with Gasteiger partial charge in [-0.2, -0.15) is 30.3 Å². The topological polar surface area (TPSA) is 12.5 Å². The summed E-state index contributed by atoms with van der Waals surface area (Å²) in [6.07, 6.45) is 0.